The minimum absolute atomic E-state index is 0.115. The summed E-state index contributed by atoms with van der Waals surface area (Å²) in [5, 5.41) is 0. The standard InChI is InChI=1S/C9H10O2/c1-7-4-2-3-5-8(7)9-10-6-11-9/h2-5,9H,6H2,1H3. The van der Waals surface area contributed by atoms with Crippen LogP contribution in [0.3, 0.4) is 0 Å². The summed E-state index contributed by atoms with van der Waals surface area (Å²) in [6, 6.07) is 8.09. The molecule has 1 aliphatic rings. The van der Waals surface area contributed by atoms with E-state index in [0.717, 1.165) is 5.56 Å². The van der Waals surface area contributed by atoms with Gasteiger partial charge in [0, 0.05) is 5.56 Å². The third kappa shape index (κ3) is 1.15. The SMILES string of the molecule is Cc1ccccc1C1OCO1. The van der Waals surface area contributed by atoms with Gasteiger partial charge in [-0.1, -0.05) is 24.3 Å². The zero-order valence-corrected chi connectivity index (χ0v) is 6.41. The normalized spacial score (nSPS) is 17.9. The van der Waals surface area contributed by atoms with Crippen LogP contribution in [-0.2, 0) is 9.47 Å². The van der Waals surface area contributed by atoms with E-state index < -0.39 is 0 Å². The Labute approximate surface area is 65.7 Å². The van der Waals surface area contributed by atoms with Crippen molar-refractivity contribution in [3.8, 4) is 0 Å². The van der Waals surface area contributed by atoms with E-state index >= 15 is 0 Å². The van der Waals surface area contributed by atoms with Crippen LogP contribution in [0.2, 0.25) is 0 Å². The van der Waals surface area contributed by atoms with Crippen molar-refractivity contribution in [3.63, 3.8) is 0 Å². The maximum absolute atomic E-state index is 5.18. The highest BCUT2D eigenvalue weighted by Crippen LogP contribution is 2.27. The van der Waals surface area contributed by atoms with E-state index in [2.05, 4.69) is 13.0 Å². The average molecular weight is 150 g/mol. The van der Waals surface area contributed by atoms with Gasteiger partial charge in [0.05, 0.1) is 0 Å². The second kappa shape index (κ2) is 2.64. The van der Waals surface area contributed by atoms with Crippen molar-refractivity contribution in [2.24, 2.45) is 0 Å². The van der Waals surface area contributed by atoms with E-state index in [1.54, 1.807) is 0 Å². The van der Waals surface area contributed by atoms with Gasteiger partial charge < -0.3 is 9.47 Å². The molecule has 2 heteroatoms. The van der Waals surface area contributed by atoms with Crippen molar-refractivity contribution in [2.45, 2.75) is 13.2 Å². The lowest BCUT2D eigenvalue weighted by molar-refractivity contribution is -0.327. The van der Waals surface area contributed by atoms with Crippen LogP contribution in [-0.4, -0.2) is 6.79 Å². The van der Waals surface area contributed by atoms with Crippen LogP contribution in [0.1, 0.15) is 17.4 Å². The van der Waals surface area contributed by atoms with Crippen LogP contribution in [0.4, 0.5) is 0 Å². The van der Waals surface area contributed by atoms with E-state index in [1.807, 2.05) is 18.2 Å². The van der Waals surface area contributed by atoms with Gasteiger partial charge in [-0.2, -0.15) is 0 Å². The second-order valence-electron chi connectivity index (χ2n) is 2.64. The Bertz CT molecular complexity index is 253. The number of ether oxygens (including phenoxy) is 2. The summed E-state index contributed by atoms with van der Waals surface area (Å²) in [6.45, 7) is 2.49. The molecule has 0 atom stereocenters. The molecule has 0 aromatic heterocycles. The molecule has 2 nitrogen and oxygen atoms in total. The highest BCUT2D eigenvalue weighted by Gasteiger charge is 2.21. The summed E-state index contributed by atoms with van der Waals surface area (Å²) >= 11 is 0. The smallest absolute Gasteiger partial charge is 0.189 e. The lowest BCUT2D eigenvalue weighted by atomic mass is 10.1. The van der Waals surface area contributed by atoms with Gasteiger partial charge in [-0.15, -0.1) is 0 Å². The zero-order chi connectivity index (χ0) is 7.68. The van der Waals surface area contributed by atoms with Gasteiger partial charge in [-0.3, -0.25) is 0 Å². The maximum atomic E-state index is 5.18. The molecule has 0 radical (unpaired) electrons. The second-order valence-corrected chi connectivity index (χ2v) is 2.64. The van der Waals surface area contributed by atoms with Crippen molar-refractivity contribution in [1.29, 1.82) is 0 Å². The fraction of sp³-hybridized carbons (Fsp3) is 0.333. The minimum atomic E-state index is -0.115. The van der Waals surface area contributed by atoms with Crippen LogP contribution >= 0.6 is 0 Å². The fourth-order valence-electron chi connectivity index (χ4n) is 1.17. The summed E-state index contributed by atoms with van der Waals surface area (Å²) in [6.07, 6.45) is -0.115. The number of benzene rings is 1. The van der Waals surface area contributed by atoms with Crippen molar-refractivity contribution in [2.75, 3.05) is 6.79 Å². The summed E-state index contributed by atoms with van der Waals surface area (Å²) in [5.74, 6) is 0. The third-order valence-corrected chi connectivity index (χ3v) is 1.88. The summed E-state index contributed by atoms with van der Waals surface area (Å²) in [4.78, 5) is 0. The summed E-state index contributed by atoms with van der Waals surface area (Å²) < 4.78 is 10.4. The van der Waals surface area contributed by atoms with Crippen LogP contribution in [0.5, 0.6) is 0 Å². The molecule has 0 amide bonds. The Kier molecular flexibility index (Phi) is 1.64. The predicted octanol–water partition coefficient (Wildman–Crippen LogP) is 2.00. The van der Waals surface area contributed by atoms with Gasteiger partial charge in [-0.05, 0) is 12.5 Å². The quantitative estimate of drug-likeness (QED) is 0.609. The monoisotopic (exact) mass is 150 g/mol. The van der Waals surface area contributed by atoms with Gasteiger partial charge in [0.25, 0.3) is 0 Å². The molecule has 1 fully saturated rings. The molecule has 58 valence electrons. The lowest BCUT2D eigenvalue weighted by Crippen LogP contribution is -2.22. The molecule has 1 aliphatic heterocycles. The Balaban J connectivity index is 2.28. The number of aryl methyl sites for hydroxylation is 1. The zero-order valence-electron chi connectivity index (χ0n) is 6.41. The Hall–Kier alpha value is -0.860. The first-order valence-electron chi connectivity index (χ1n) is 3.66. The van der Waals surface area contributed by atoms with E-state index in [4.69, 9.17) is 9.47 Å². The molecule has 0 N–H and O–H groups in total. The van der Waals surface area contributed by atoms with E-state index in [1.165, 1.54) is 5.56 Å². The molecule has 1 aromatic rings. The van der Waals surface area contributed by atoms with Crippen molar-refractivity contribution < 1.29 is 9.47 Å². The minimum Gasteiger partial charge on any atom is -0.322 e. The van der Waals surface area contributed by atoms with E-state index in [9.17, 15) is 0 Å². The van der Waals surface area contributed by atoms with Gasteiger partial charge in [0.1, 0.15) is 0 Å². The van der Waals surface area contributed by atoms with Crippen LogP contribution in [0, 0.1) is 6.92 Å². The van der Waals surface area contributed by atoms with Gasteiger partial charge in [0.15, 0.2) is 13.1 Å². The molecule has 11 heavy (non-hydrogen) atoms. The van der Waals surface area contributed by atoms with E-state index in [-0.39, 0.29) is 6.29 Å². The number of hydrogen-bond donors (Lipinski definition) is 0. The molecule has 0 saturated carbocycles. The molecule has 0 bridgehead atoms. The highest BCUT2D eigenvalue weighted by atomic mass is 16.8. The Morgan fingerprint density at radius 1 is 1.27 bits per heavy atom. The van der Waals surface area contributed by atoms with Gasteiger partial charge in [0.2, 0.25) is 0 Å². The van der Waals surface area contributed by atoms with E-state index in [0.29, 0.717) is 6.79 Å². The Morgan fingerprint density at radius 3 is 2.55 bits per heavy atom. The van der Waals surface area contributed by atoms with Crippen molar-refractivity contribution in [1.82, 2.24) is 0 Å². The van der Waals surface area contributed by atoms with Gasteiger partial charge in [-0.25, -0.2) is 0 Å². The summed E-state index contributed by atoms with van der Waals surface area (Å²) in [7, 11) is 0. The van der Waals surface area contributed by atoms with Crippen LogP contribution in [0.25, 0.3) is 0 Å². The first-order chi connectivity index (χ1) is 5.38. The molecular weight excluding hydrogens is 140 g/mol. The highest BCUT2D eigenvalue weighted by molar-refractivity contribution is 5.26. The first-order valence-corrected chi connectivity index (χ1v) is 3.66. The third-order valence-electron chi connectivity index (χ3n) is 1.88. The molecule has 0 spiro atoms. The molecule has 1 saturated heterocycles. The van der Waals surface area contributed by atoms with Crippen molar-refractivity contribution >= 4 is 0 Å². The summed E-state index contributed by atoms with van der Waals surface area (Å²) in [5.41, 5.74) is 2.36. The molecule has 0 aliphatic carbocycles. The molecular formula is C9H10O2. The first kappa shape index (κ1) is 6.83. The lowest BCUT2D eigenvalue weighted by Gasteiger charge is -2.27. The topological polar surface area (TPSA) is 18.5 Å². The number of rotatable bonds is 1. The Morgan fingerprint density at radius 2 is 2.00 bits per heavy atom. The average Bonchev–Trinajstić information content (AvgIpc) is 1.90. The molecule has 0 unspecified atom stereocenters. The van der Waals surface area contributed by atoms with Crippen LogP contribution < -0.4 is 0 Å². The predicted molar refractivity (Wildman–Crippen MR) is 41.0 cm³/mol. The largest absolute Gasteiger partial charge is 0.322 e. The van der Waals surface area contributed by atoms with Crippen molar-refractivity contribution in [3.05, 3.63) is 35.4 Å². The van der Waals surface area contributed by atoms with Gasteiger partial charge >= 0.3 is 0 Å². The van der Waals surface area contributed by atoms with Crippen LogP contribution in [0.15, 0.2) is 24.3 Å². The fourth-order valence-corrected chi connectivity index (χ4v) is 1.17. The number of hydrogen-bond acceptors (Lipinski definition) is 2. The molecule has 2 rings (SSSR count). The molecule has 1 aromatic carbocycles. The molecule has 1 heterocycles. The maximum Gasteiger partial charge on any atom is 0.189 e.